The Morgan fingerprint density at radius 2 is 1.89 bits per heavy atom. The monoisotopic (exact) mass is 530 g/mol. The predicted octanol–water partition coefficient (Wildman–Crippen LogP) is 3.69. The highest BCUT2D eigenvalue weighted by atomic mass is 16.6. The Morgan fingerprint density at radius 3 is 2.50 bits per heavy atom. The fraction of sp³-hybridized carbons (Fsp3) is 0.690. The fourth-order valence-corrected chi connectivity index (χ4v) is 9.00. The zero-order chi connectivity index (χ0) is 27.9. The van der Waals surface area contributed by atoms with Crippen molar-refractivity contribution in [2.24, 2.45) is 22.7 Å². The first kappa shape index (κ1) is 26.9. The molecule has 0 unspecified atom stereocenters. The van der Waals surface area contributed by atoms with Gasteiger partial charge in [-0.1, -0.05) is 19.9 Å². The zero-order valence-corrected chi connectivity index (χ0v) is 23.1. The molecule has 208 valence electrons. The summed E-state index contributed by atoms with van der Waals surface area (Å²) in [5.74, 6) is -2.92. The van der Waals surface area contributed by atoms with Crippen LogP contribution in [-0.4, -0.2) is 59.1 Å². The van der Waals surface area contributed by atoms with E-state index in [0.717, 1.165) is 12.0 Å². The van der Waals surface area contributed by atoms with Crippen LogP contribution in [0.15, 0.2) is 35.2 Å². The molecule has 1 aromatic rings. The molecule has 0 radical (unpaired) electrons. The molecule has 3 fully saturated rings. The van der Waals surface area contributed by atoms with Gasteiger partial charge in [-0.2, -0.15) is 0 Å². The fourth-order valence-electron chi connectivity index (χ4n) is 9.00. The van der Waals surface area contributed by atoms with E-state index in [4.69, 9.17) is 23.4 Å². The third kappa shape index (κ3) is 3.40. The van der Waals surface area contributed by atoms with E-state index in [9.17, 15) is 19.5 Å². The van der Waals surface area contributed by atoms with Crippen LogP contribution in [0, 0.1) is 22.7 Å². The van der Waals surface area contributed by atoms with Gasteiger partial charge >= 0.3 is 17.9 Å². The predicted molar refractivity (Wildman–Crippen MR) is 134 cm³/mol. The van der Waals surface area contributed by atoms with E-state index in [2.05, 4.69) is 6.92 Å². The van der Waals surface area contributed by atoms with Crippen LogP contribution in [0.2, 0.25) is 0 Å². The minimum atomic E-state index is -1.33. The van der Waals surface area contributed by atoms with Gasteiger partial charge in [0, 0.05) is 29.7 Å². The van der Waals surface area contributed by atoms with Crippen molar-refractivity contribution in [2.45, 2.75) is 95.7 Å². The Labute approximate surface area is 222 Å². The van der Waals surface area contributed by atoms with E-state index >= 15 is 0 Å². The maximum Gasteiger partial charge on any atom is 0.347 e. The van der Waals surface area contributed by atoms with Crippen molar-refractivity contribution in [1.82, 2.24) is 0 Å². The molecule has 2 aliphatic carbocycles. The highest BCUT2D eigenvalue weighted by Gasteiger charge is 2.87. The van der Waals surface area contributed by atoms with Gasteiger partial charge in [-0.05, 0) is 57.6 Å². The largest absolute Gasteiger partial charge is 0.472 e. The third-order valence-electron chi connectivity index (χ3n) is 10.3. The number of epoxide rings is 1. The molecule has 4 aliphatic rings. The van der Waals surface area contributed by atoms with Crippen molar-refractivity contribution >= 4 is 17.9 Å². The van der Waals surface area contributed by atoms with E-state index in [0.29, 0.717) is 12.8 Å². The van der Waals surface area contributed by atoms with Crippen LogP contribution in [-0.2, 0) is 33.3 Å². The molecule has 9 heteroatoms. The molecule has 1 N–H and O–H groups in total. The molecule has 38 heavy (non-hydrogen) atoms. The first-order chi connectivity index (χ1) is 17.7. The highest BCUT2D eigenvalue weighted by Crippen LogP contribution is 2.79. The van der Waals surface area contributed by atoms with Crippen LogP contribution in [0.1, 0.15) is 72.3 Å². The number of carbonyl (C=O) groups is 3. The van der Waals surface area contributed by atoms with Gasteiger partial charge in [0.1, 0.15) is 16.8 Å². The smallest absolute Gasteiger partial charge is 0.347 e. The molecule has 1 aromatic heterocycles. The van der Waals surface area contributed by atoms with Crippen molar-refractivity contribution in [2.75, 3.05) is 7.11 Å². The molecule has 5 rings (SSSR count). The molecule has 0 amide bonds. The van der Waals surface area contributed by atoms with Crippen LogP contribution < -0.4 is 0 Å². The van der Waals surface area contributed by atoms with E-state index in [1.807, 2.05) is 19.9 Å². The number of hydrogen-bond acceptors (Lipinski definition) is 9. The minimum absolute atomic E-state index is 0.0533. The SMILES string of the molecule is COC(=O)[C@H](OC(C)=O)[C@@H]1C(C)(C)OC(=O)C=C[C@]1(C)[C@H]1CC[C@@]2(C)[C@H](c3ccoc3)C[C@@H](O)[C@]23O[C@]13C. The standard InChI is InChI=1S/C29H38O9/c1-16(30)36-22(24(33)34-7)23-25(2,3)37-21(32)9-11-26(23,4)19-8-12-27(5)18(17-10-13-35-15-17)14-20(31)29(27)28(19,6)38-29/h9-11,13,15,18-20,22-23,31H,8,12,14H2,1-7H3/t18-,19+,20+,22+,23+,26+,27-,28+,29-/m0/s1. The Bertz CT molecular complexity index is 1170. The first-order valence-electron chi connectivity index (χ1n) is 13.3. The average molecular weight is 531 g/mol. The van der Waals surface area contributed by atoms with Gasteiger partial charge in [-0.3, -0.25) is 4.79 Å². The number of aliphatic hydroxyl groups excluding tert-OH is 1. The lowest BCUT2D eigenvalue weighted by molar-refractivity contribution is -0.193. The topological polar surface area (TPSA) is 125 Å². The van der Waals surface area contributed by atoms with Crippen LogP contribution in [0.4, 0.5) is 0 Å². The van der Waals surface area contributed by atoms with E-state index in [-0.39, 0.29) is 17.3 Å². The number of methoxy groups -OCH3 is 1. The lowest BCUT2D eigenvalue weighted by Crippen LogP contribution is -2.61. The van der Waals surface area contributed by atoms with Gasteiger partial charge in [0.05, 0.1) is 31.7 Å². The van der Waals surface area contributed by atoms with Crippen LogP contribution in [0.3, 0.4) is 0 Å². The Kier molecular flexibility index (Phi) is 5.97. The van der Waals surface area contributed by atoms with Gasteiger partial charge in [0.2, 0.25) is 6.10 Å². The number of allylic oxidation sites excluding steroid dienone is 1. The first-order valence-corrected chi connectivity index (χ1v) is 13.3. The number of aliphatic hydroxyl groups is 1. The van der Waals surface area contributed by atoms with Crippen molar-refractivity contribution < 1.29 is 42.9 Å². The van der Waals surface area contributed by atoms with E-state index < -0.39 is 58.3 Å². The van der Waals surface area contributed by atoms with Gasteiger partial charge in [-0.15, -0.1) is 0 Å². The second-order valence-electron chi connectivity index (χ2n) is 12.6. The molecule has 9 nitrogen and oxygen atoms in total. The van der Waals surface area contributed by atoms with Crippen molar-refractivity contribution in [3.63, 3.8) is 0 Å². The Hall–Kier alpha value is -2.65. The zero-order valence-electron chi connectivity index (χ0n) is 23.1. The summed E-state index contributed by atoms with van der Waals surface area (Å²) in [5.41, 5.74) is -3.06. The molecule has 3 heterocycles. The lowest BCUT2D eigenvalue weighted by atomic mass is 9.49. The van der Waals surface area contributed by atoms with Gasteiger partial charge < -0.3 is 28.5 Å². The molecular weight excluding hydrogens is 492 g/mol. The third-order valence-corrected chi connectivity index (χ3v) is 10.3. The van der Waals surface area contributed by atoms with Crippen LogP contribution in [0.25, 0.3) is 0 Å². The van der Waals surface area contributed by atoms with Crippen molar-refractivity contribution in [3.05, 3.63) is 36.3 Å². The summed E-state index contributed by atoms with van der Waals surface area (Å²) in [6, 6.07) is 1.95. The minimum Gasteiger partial charge on any atom is -0.472 e. The molecular formula is C29H38O9. The molecule has 2 saturated carbocycles. The Balaban J connectivity index is 1.62. The summed E-state index contributed by atoms with van der Waals surface area (Å²) in [7, 11) is 1.24. The molecule has 0 aromatic carbocycles. The molecule has 0 bridgehead atoms. The summed E-state index contributed by atoms with van der Waals surface area (Å²) in [5, 5.41) is 11.5. The van der Waals surface area contributed by atoms with Gasteiger partial charge in [0.15, 0.2) is 0 Å². The average Bonchev–Trinajstić information content (AvgIpc) is 3.12. The lowest BCUT2D eigenvalue weighted by Gasteiger charge is -2.53. The molecule has 9 atom stereocenters. The van der Waals surface area contributed by atoms with E-state index in [1.54, 1.807) is 32.4 Å². The van der Waals surface area contributed by atoms with Crippen molar-refractivity contribution in [3.8, 4) is 0 Å². The molecule has 1 spiro atoms. The number of carbonyl (C=O) groups excluding carboxylic acids is 3. The van der Waals surface area contributed by atoms with Gasteiger partial charge in [0.25, 0.3) is 0 Å². The number of ether oxygens (including phenoxy) is 4. The van der Waals surface area contributed by atoms with Crippen molar-refractivity contribution in [1.29, 1.82) is 0 Å². The van der Waals surface area contributed by atoms with Crippen LogP contribution in [0.5, 0.6) is 0 Å². The summed E-state index contributed by atoms with van der Waals surface area (Å²) in [6.45, 7) is 10.8. The van der Waals surface area contributed by atoms with Crippen LogP contribution >= 0.6 is 0 Å². The Morgan fingerprint density at radius 1 is 1.18 bits per heavy atom. The maximum absolute atomic E-state index is 13.1. The maximum atomic E-state index is 13.1. The van der Waals surface area contributed by atoms with E-state index in [1.165, 1.54) is 20.1 Å². The molecule has 2 aliphatic heterocycles. The summed E-state index contributed by atoms with van der Waals surface area (Å²) < 4.78 is 28.6. The van der Waals surface area contributed by atoms with Gasteiger partial charge in [-0.25, -0.2) is 9.59 Å². The summed E-state index contributed by atoms with van der Waals surface area (Å²) in [4.78, 5) is 38.0. The number of esters is 3. The quantitative estimate of drug-likeness (QED) is 0.345. The number of furan rings is 1. The number of hydrogen-bond donors (Lipinski definition) is 1. The second kappa shape index (κ2) is 8.42. The number of cyclic esters (lactones) is 1. The normalized spacial score (nSPS) is 43.7. The summed E-state index contributed by atoms with van der Waals surface area (Å²) >= 11 is 0. The summed E-state index contributed by atoms with van der Waals surface area (Å²) in [6.07, 6.45) is 6.47. The number of rotatable bonds is 5. The molecule has 1 saturated heterocycles. The highest BCUT2D eigenvalue weighted by molar-refractivity contribution is 5.84. The second-order valence-corrected chi connectivity index (χ2v) is 12.6.